The number of ether oxygens (including phenoxy) is 1. The summed E-state index contributed by atoms with van der Waals surface area (Å²) in [5.41, 5.74) is 2.54. The summed E-state index contributed by atoms with van der Waals surface area (Å²) in [5.74, 6) is -0.681. The van der Waals surface area contributed by atoms with E-state index in [0.717, 1.165) is 43.4 Å². The molecule has 3 rings (SSSR count). The van der Waals surface area contributed by atoms with Crippen molar-refractivity contribution in [1.29, 1.82) is 0 Å². The average molecular weight is 456 g/mol. The lowest BCUT2D eigenvalue weighted by Crippen LogP contribution is -2.49. The lowest BCUT2D eigenvalue weighted by atomic mass is 9.83. The van der Waals surface area contributed by atoms with Crippen molar-refractivity contribution in [2.45, 2.75) is 45.1 Å². The molecule has 0 saturated heterocycles. The predicted molar refractivity (Wildman–Crippen MR) is 128 cm³/mol. The minimum Gasteiger partial charge on any atom is -0.465 e. The highest BCUT2D eigenvalue weighted by Crippen LogP contribution is 2.31. The Labute approximate surface area is 194 Å². The van der Waals surface area contributed by atoms with E-state index in [1.807, 2.05) is 31.2 Å². The van der Waals surface area contributed by atoms with Gasteiger partial charge in [-0.3, -0.25) is 9.10 Å². The molecule has 2 aromatic rings. The zero-order valence-electron chi connectivity index (χ0n) is 18.3. The predicted octanol–water partition coefficient (Wildman–Crippen LogP) is 5.05. The van der Waals surface area contributed by atoms with Crippen molar-refractivity contribution in [2.75, 3.05) is 17.7 Å². The molecule has 2 N–H and O–H groups in total. The third kappa shape index (κ3) is 5.82. The summed E-state index contributed by atoms with van der Waals surface area (Å²) in [6.45, 7) is 1.92. The first-order valence-corrected chi connectivity index (χ1v) is 11.1. The Bertz CT molecular complexity index is 958. The number of aryl methyl sites for hydroxylation is 1. The molecule has 0 bridgehead atoms. The zero-order valence-corrected chi connectivity index (χ0v) is 19.2. The summed E-state index contributed by atoms with van der Waals surface area (Å²) >= 11 is 4.45. The largest absolute Gasteiger partial charge is 0.465 e. The van der Waals surface area contributed by atoms with E-state index in [1.165, 1.54) is 11.4 Å². The number of rotatable bonds is 6. The minimum absolute atomic E-state index is 0.0257. The molecule has 1 fully saturated rings. The Morgan fingerprint density at radius 3 is 2.28 bits per heavy atom. The van der Waals surface area contributed by atoms with Crippen LogP contribution in [0.25, 0.3) is 0 Å². The van der Waals surface area contributed by atoms with E-state index in [-0.39, 0.29) is 11.8 Å². The summed E-state index contributed by atoms with van der Waals surface area (Å²) in [5, 5.41) is 5.73. The summed E-state index contributed by atoms with van der Waals surface area (Å²) in [4.78, 5) is 37.8. The zero-order chi connectivity index (χ0) is 23.1. The fourth-order valence-corrected chi connectivity index (χ4v) is 4.35. The van der Waals surface area contributed by atoms with Crippen molar-refractivity contribution >= 4 is 42.1 Å². The first-order chi connectivity index (χ1) is 15.4. The first-order valence-electron chi connectivity index (χ1n) is 10.7. The highest BCUT2D eigenvalue weighted by Gasteiger charge is 2.36. The van der Waals surface area contributed by atoms with Crippen LogP contribution in [-0.4, -0.2) is 35.4 Å². The van der Waals surface area contributed by atoms with Crippen molar-refractivity contribution < 1.29 is 19.1 Å². The first kappa shape index (κ1) is 23.7. The average Bonchev–Trinajstić information content (AvgIpc) is 2.81. The normalized spacial score (nSPS) is 14.8. The number of thiol groups is 1. The number of methoxy groups -OCH3 is 1. The molecule has 170 valence electrons. The topological polar surface area (TPSA) is 87.7 Å². The van der Waals surface area contributed by atoms with Gasteiger partial charge in [0.1, 0.15) is 6.04 Å². The molecule has 1 atom stereocenters. The van der Waals surface area contributed by atoms with Crippen LogP contribution in [-0.2, 0) is 9.53 Å². The van der Waals surface area contributed by atoms with Crippen molar-refractivity contribution in [2.24, 2.45) is 5.92 Å². The van der Waals surface area contributed by atoms with Crippen LogP contribution in [0.3, 0.4) is 0 Å². The van der Waals surface area contributed by atoms with Crippen molar-refractivity contribution in [1.82, 2.24) is 4.31 Å². The van der Waals surface area contributed by atoms with Gasteiger partial charge in [0.2, 0.25) is 5.91 Å². The van der Waals surface area contributed by atoms with E-state index in [4.69, 9.17) is 0 Å². The van der Waals surface area contributed by atoms with Gasteiger partial charge in [-0.25, -0.2) is 9.59 Å². The van der Waals surface area contributed by atoms with Gasteiger partial charge in [0, 0.05) is 11.4 Å². The van der Waals surface area contributed by atoms with Crippen LogP contribution in [0.15, 0.2) is 48.5 Å². The Morgan fingerprint density at radius 1 is 1.00 bits per heavy atom. The summed E-state index contributed by atoms with van der Waals surface area (Å²) in [6.07, 6.45) is 4.91. The minimum atomic E-state index is -0.715. The molecule has 8 heteroatoms. The van der Waals surface area contributed by atoms with E-state index in [0.29, 0.717) is 11.3 Å². The number of carbonyl (C=O) groups is 3. The number of urea groups is 1. The van der Waals surface area contributed by atoms with E-state index in [9.17, 15) is 14.4 Å². The number of anilines is 2. The van der Waals surface area contributed by atoms with Gasteiger partial charge in [0.05, 0.1) is 12.7 Å². The lowest BCUT2D eigenvalue weighted by molar-refractivity contribution is -0.120. The summed E-state index contributed by atoms with van der Waals surface area (Å²) in [6, 6.07) is 12.7. The number of esters is 1. The quantitative estimate of drug-likeness (QED) is 0.420. The smallest absolute Gasteiger partial charge is 0.337 e. The SMILES string of the molecule is COC(=O)c1ccc(NC(=O)N(S)[C@H](C(=O)Nc2ccccc2C)C2CCCCC2)cc1. The number of para-hydroxylation sites is 1. The van der Waals surface area contributed by atoms with Crippen LogP contribution >= 0.6 is 12.8 Å². The maximum Gasteiger partial charge on any atom is 0.337 e. The van der Waals surface area contributed by atoms with Gasteiger partial charge in [-0.05, 0) is 61.6 Å². The summed E-state index contributed by atoms with van der Waals surface area (Å²) < 4.78 is 5.88. The summed E-state index contributed by atoms with van der Waals surface area (Å²) in [7, 11) is 1.31. The second kappa shape index (κ2) is 11.0. The number of nitrogens with zero attached hydrogens (tertiary/aromatic N) is 1. The molecular formula is C24H29N3O4S. The highest BCUT2D eigenvalue weighted by atomic mass is 32.1. The highest BCUT2D eigenvalue weighted by molar-refractivity contribution is 7.78. The molecule has 0 aliphatic heterocycles. The van der Waals surface area contributed by atoms with Gasteiger partial charge in [-0.15, -0.1) is 0 Å². The third-order valence-corrected chi connectivity index (χ3v) is 6.23. The van der Waals surface area contributed by atoms with Gasteiger partial charge in [0.25, 0.3) is 0 Å². The molecule has 1 aliphatic rings. The molecule has 32 heavy (non-hydrogen) atoms. The van der Waals surface area contributed by atoms with E-state index in [2.05, 4.69) is 28.2 Å². The number of nitrogens with one attached hydrogen (secondary N) is 2. The van der Waals surface area contributed by atoms with E-state index < -0.39 is 18.0 Å². The number of hydrogen-bond acceptors (Lipinski definition) is 5. The van der Waals surface area contributed by atoms with E-state index in [1.54, 1.807) is 24.3 Å². The van der Waals surface area contributed by atoms with Gasteiger partial charge in [0.15, 0.2) is 0 Å². The maximum absolute atomic E-state index is 13.3. The van der Waals surface area contributed by atoms with E-state index >= 15 is 0 Å². The van der Waals surface area contributed by atoms with Gasteiger partial charge >= 0.3 is 12.0 Å². The molecule has 3 amide bonds. The maximum atomic E-state index is 13.3. The fourth-order valence-electron chi connectivity index (χ4n) is 4.01. The molecule has 0 unspecified atom stereocenters. The number of amides is 3. The molecule has 0 heterocycles. The van der Waals surface area contributed by atoms with Crippen LogP contribution < -0.4 is 10.6 Å². The monoisotopic (exact) mass is 455 g/mol. The van der Waals surface area contributed by atoms with Crippen LogP contribution in [0.1, 0.15) is 48.0 Å². The number of carbonyl (C=O) groups excluding carboxylic acids is 3. The Kier molecular flexibility index (Phi) is 8.16. The van der Waals surface area contributed by atoms with Crippen LogP contribution in [0.2, 0.25) is 0 Å². The number of hydrogen-bond donors (Lipinski definition) is 3. The van der Waals surface area contributed by atoms with Crippen LogP contribution in [0.4, 0.5) is 16.2 Å². The molecule has 0 radical (unpaired) electrons. The number of benzene rings is 2. The van der Waals surface area contributed by atoms with Crippen LogP contribution in [0.5, 0.6) is 0 Å². The third-order valence-electron chi connectivity index (χ3n) is 5.80. The van der Waals surface area contributed by atoms with Crippen molar-refractivity contribution in [3.8, 4) is 0 Å². The lowest BCUT2D eigenvalue weighted by Gasteiger charge is -2.34. The van der Waals surface area contributed by atoms with Crippen LogP contribution in [0, 0.1) is 12.8 Å². The molecule has 1 aliphatic carbocycles. The Morgan fingerprint density at radius 2 is 1.66 bits per heavy atom. The second-order valence-electron chi connectivity index (χ2n) is 7.99. The molecule has 2 aromatic carbocycles. The van der Waals surface area contributed by atoms with Gasteiger partial charge in [-0.1, -0.05) is 50.3 Å². The van der Waals surface area contributed by atoms with Gasteiger partial charge in [-0.2, -0.15) is 0 Å². The second-order valence-corrected chi connectivity index (χ2v) is 8.42. The van der Waals surface area contributed by atoms with Crippen molar-refractivity contribution in [3.05, 3.63) is 59.7 Å². The fraction of sp³-hybridized carbons (Fsp3) is 0.375. The molecule has 7 nitrogen and oxygen atoms in total. The molecule has 0 aromatic heterocycles. The van der Waals surface area contributed by atoms with Gasteiger partial charge < -0.3 is 15.4 Å². The standard InChI is InChI=1S/C24H29N3O4S/c1-16-8-6-7-11-20(16)26-22(28)21(17-9-4-3-5-10-17)27(32)24(30)25-19-14-12-18(13-15-19)23(29)31-2/h6-8,11-15,17,21,32H,3-5,9-10H2,1-2H3,(H,25,30)(H,26,28)/t21-/m0/s1. The molecule has 1 saturated carbocycles. The Hall–Kier alpha value is -3.00. The molecular weight excluding hydrogens is 426 g/mol. The molecule has 0 spiro atoms. The van der Waals surface area contributed by atoms with Crippen molar-refractivity contribution in [3.63, 3.8) is 0 Å². The Balaban J connectivity index is 1.75.